The van der Waals surface area contributed by atoms with Crippen molar-refractivity contribution >= 4 is 17.7 Å². The van der Waals surface area contributed by atoms with Crippen LogP contribution in [-0.4, -0.2) is 40.3 Å². The van der Waals surface area contributed by atoms with Gasteiger partial charge in [-0.05, 0) is 50.5 Å². The number of phenolic OH excluding ortho intramolecular Hbond substituents is 1. The molecule has 2 rings (SSSR count). The molecule has 4 nitrogen and oxygen atoms in total. The van der Waals surface area contributed by atoms with Gasteiger partial charge in [-0.25, -0.2) is 0 Å². The zero-order chi connectivity index (χ0) is 14.5. The maximum absolute atomic E-state index is 12.4. The molecular formula is C15H22N2O2S. The van der Waals surface area contributed by atoms with Gasteiger partial charge in [-0.1, -0.05) is 0 Å². The van der Waals surface area contributed by atoms with Gasteiger partial charge >= 0.3 is 0 Å². The zero-order valence-electron chi connectivity index (χ0n) is 11.8. The molecule has 0 aromatic heterocycles. The molecule has 110 valence electrons. The zero-order valence-corrected chi connectivity index (χ0v) is 12.6. The highest BCUT2D eigenvalue weighted by atomic mass is 32.2. The Kier molecular flexibility index (Phi) is 5.31. The quantitative estimate of drug-likeness (QED) is 0.836. The SMILES string of the molecule is CC(N)C1CCCCN1C(=O)CSc1ccc(O)cc1. The fourth-order valence-corrected chi connectivity index (χ4v) is 3.37. The molecule has 1 aromatic carbocycles. The highest BCUT2D eigenvalue weighted by Gasteiger charge is 2.28. The van der Waals surface area contributed by atoms with Crippen molar-refractivity contribution in [3.63, 3.8) is 0 Å². The molecule has 0 saturated carbocycles. The lowest BCUT2D eigenvalue weighted by Crippen LogP contribution is -2.52. The van der Waals surface area contributed by atoms with E-state index in [1.54, 1.807) is 12.1 Å². The maximum Gasteiger partial charge on any atom is 0.233 e. The van der Waals surface area contributed by atoms with Crippen molar-refractivity contribution in [1.29, 1.82) is 0 Å². The van der Waals surface area contributed by atoms with Crippen molar-refractivity contribution in [2.24, 2.45) is 5.73 Å². The number of thioether (sulfide) groups is 1. The van der Waals surface area contributed by atoms with Crippen LogP contribution in [0.3, 0.4) is 0 Å². The average molecular weight is 294 g/mol. The number of carbonyl (C=O) groups is 1. The van der Waals surface area contributed by atoms with Crippen molar-refractivity contribution in [3.8, 4) is 5.75 Å². The minimum absolute atomic E-state index is 0.0259. The van der Waals surface area contributed by atoms with Crippen LogP contribution in [0.2, 0.25) is 0 Å². The summed E-state index contributed by atoms with van der Waals surface area (Å²) in [6, 6.07) is 7.13. The number of benzene rings is 1. The molecule has 1 aliphatic rings. The van der Waals surface area contributed by atoms with Gasteiger partial charge in [0.1, 0.15) is 5.75 Å². The fraction of sp³-hybridized carbons (Fsp3) is 0.533. The van der Waals surface area contributed by atoms with Crippen LogP contribution >= 0.6 is 11.8 Å². The van der Waals surface area contributed by atoms with Crippen LogP contribution in [0.5, 0.6) is 5.75 Å². The van der Waals surface area contributed by atoms with Crippen molar-refractivity contribution in [2.75, 3.05) is 12.3 Å². The van der Waals surface area contributed by atoms with E-state index in [1.165, 1.54) is 11.8 Å². The van der Waals surface area contributed by atoms with Gasteiger partial charge in [0.25, 0.3) is 0 Å². The molecule has 0 spiro atoms. The summed E-state index contributed by atoms with van der Waals surface area (Å²) < 4.78 is 0. The second kappa shape index (κ2) is 6.99. The predicted octanol–water partition coefficient (Wildman–Crippen LogP) is 2.21. The third-order valence-corrected chi connectivity index (χ3v) is 4.67. The van der Waals surface area contributed by atoms with Crippen LogP contribution in [0.25, 0.3) is 0 Å². The molecule has 1 amide bonds. The molecule has 1 saturated heterocycles. The summed E-state index contributed by atoms with van der Waals surface area (Å²) in [6.45, 7) is 2.80. The lowest BCUT2D eigenvalue weighted by atomic mass is 9.97. The molecule has 2 atom stereocenters. The van der Waals surface area contributed by atoms with Gasteiger partial charge in [-0.15, -0.1) is 11.8 Å². The number of carbonyl (C=O) groups excluding carboxylic acids is 1. The Bertz CT molecular complexity index is 448. The van der Waals surface area contributed by atoms with E-state index in [4.69, 9.17) is 5.73 Å². The number of rotatable bonds is 4. The largest absolute Gasteiger partial charge is 0.508 e. The molecule has 0 aliphatic carbocycles. The maximum atomic E-state index is 12.4. The lowest BCUT2D eigenvalue weighted by molar-refractivity contribution is -0.132. The van der Waals surface area contributed by atoms with Crippen molar-refractivity contribution in [2.45, 2.75) is 43.2 Å². The monoisotopic (exact) mass is 294 g/mol. The van der Waals surface area contributed by atoms with E-state index in [-0.39, 0.29) is 23.7 Å². The summed E-state index contributed by atoms with van der Waals surface area (Å²) in [7, 11) is 0. The first-order chi connectivity index (χ1) is 9.58. The second-order valence-corrected chi connectivity index (χ2v) is 6.34. The standard InChI is InChI=1S/C15H22N2O2S/c1-11(16)14-4-2-3-9-17(14)15(19)10-20-13-7-5-12(18)6-8-13/h5-8,11,14,18H,2-4,9-10,16H2,1H3. The van der Waals surface area contributed by atoms with Crippen LogP contribution in [0.4, 0.5) is 0 Å². The predicted molar refractivity (Wildman–Crippen MR) is 81.8 cm³/mol. The van der Waals surface area contributed by atoms with E-state index in [0.717, 1.165) is 30.7 Å². The number of hydrogen-bond donors (Lipinski definition) is 2. The molecule has 1 aromatic rings. The first-order valence-corrected chi connectivity index (χ1v) is 8.03. The Morgan fingerprint density at radius 3 is 2.80 bits per heavy atom. The van der Waals surface area contributed by atoms with Crippen LogP contribution < -0.4 is 5.73 Å². The van der Waals surface area contributed by atoms with E-state index in [2.05, 4.69) is 0 Å². The van der Waals surface area contributed by atoms with Gasteiger partial charge in [-0.3, -0.25) is 4.79 Å². The minimum atomic E-state index is 0.0259. The molecule has 20 heavy (non-hydrogen) atoms. The van der Waals surface area contributed by atoms with Crippen LogP contribution in [0.15, 0.2) is 29.2 Å². The van der Waals surface area contributed by atoms with Gasteiger partial charge in [0.15, 0.2) is 0 Å². The summed E-state index contributed by atoms with van der Waals surface area (Å²) in [5.74, 6) is 0.826. The Labute approximate surface area is 124 Å². The summed E-state index contributed by atoms with van der Waals surface area (Å²) >= 11 is 1.50. The lowest BCUT2D eigenvalue weighted by Gasteiger charge is -2.38. The molecule has 3 N–H and O–H groups in total. The van der Waals surface area contributed by atoms with Gasteiger partial charge in [0.05, 0.1) is 5.75 Å². The Morgan fingerprint density at radius 1 is 1.45 bits per heavy atom. The minimum Gasteiger partial charge on any atom is -0.508 e. The van der Waals surface area contributed by atoms with E-state index in [9.17, 15) is 9.90 Å². The molecule has 5 heteroatoms. The topological polar surface area (TPSA) is 66.6 Å². The van der Waals surface area contributed by atoms with Gasteiger partial charge in [0.2, 0.25) is 5.91 Å². The number of nitrogens with two attached hydrogens (primary N) is 1. The Morgan fingerprint density at radius 2 is 2.15 bits per heavy atom. The van der Waals surface area contributed by atoms with Crippen molar-refractivity contribution in [3.05, 3.63) is 24.3 Å². The molecule has 0 radical (unpaired) electrons. The summed E-state index contributed by atoms with van der Waals surface area (Å²) in [5, 5.41) is 9.24. The molecular weight excluding hydrogens is 272 g/mol. The second-order valence-electron chi connectivity index (χ2n) is 5.29. The number of nitrogens with zero attached hydrogens (tertiary/aromatic N) is 1. The highest BCUT2D eigenvalue weighted by Crippen LogP contribution is 2.24. The van der Waals surface area contributed by atoms with Crippen LogP contribution in [-0.2, 0) is 4.79 Å². The smallest absolute Gasteiger partial charge is 0.233 e. The Balaban J connectivity index is 1.91. The normalized spacial score (nSPS) is 20.7. The molecule has 1 fully saturated rings. The van der Waals surface area contributed by atoms with E-state index in [0.29, 0.717) is 5.75 Å². The molecule has 0 bridgehead atoms. The summed E-state index contributed by atoms with van der Waals surface area (Å²) in [5.41, 5.74) is 5.99. The van der Waals surface area contributed by atoms with Gasteiger partial charge in [0, 0.05) is 23.5 Å². The Hall–Kier alpha value is -1.20. The molecule has 2 unspecified atom stereocenters. The molecule has 1 heterocycles. The third kappa shape index (κ3) is 3.90. The van der Waals surface area contributed by atoms with Crippen LogP contribution in [0.1, 0.15) is 26.2 Å². The number of piperidine rings is 1. The number of phenols is 1. The summed E-state index contributed by atoms with van der Waals surface area (Å²) in [4.78, 5) is 15.3. The van der Waals surface area contributed by atoms with Crippen LogP contribution in [0, 0.1) is 0 Å². The van der Waals surface area contributed by atoms with E-state index in [1.807, 2.05) is 24.0 Å². The average Bonchev–Trinajstić information content (AvgIpc) is 2.46. The number of hydrogen-bond acceptors (Lipinski definition) is 4. The highest BCUT2D eigenvalue weighted by molar-refractivity contribution is 8.00. The first kappa shape index (κ1) is 15.2. The van der Waals surface area contributed by atoms with E-state index >= 15 is 0 Å². The van der Waals surface area contributed by atoms with Gasteiger partial charge in [-0.2, -0.15) is 0 Å². The number of aromatic hydroxyl groups is 1. The van der Waals surface area contributed by atoms with E-state index < -0.39 is 0 Å². The fourth-order valence-electron chi connectivity index (χ4n) is 2.58. The summed E-state index contributed by atoms with van der Waals surface area (Å²) in [6.07, 6.45) is 3.23. The van der Waals surface area contributed by atoms with Crippen molar-refractivity contribution in [1.82, 2.24) is 4.90 Å². The number of likely N-dealkylation sites (tertiary alicyclic amines) is 1. The first-order valence-electron chi connectivity index (χ1n) is 7.05. The number of amides is 1. The third-order valence-electron chi connectivity index (χ3n) is 3.68. The van der Waals surface area contributed by atoms with Gasteiger partial charge < -0.3 is 15.7 Å². The van der Waals surface area contributed by atoms with Crippen molar-refractivity contribution < 1.29 is 9.90 Å². The molecule has 1 aliphatic heterocycles.